The van der Waals surface area contributed by atoms with Gasteiger partial charge in [-0.05, 0) is 32.6 Å². The maximum Gasteiger partial charge on any atom is 0.323 e. The molecule has 0 spiro atoms. The Bertz CT molecular complexity index is 347. The summed E-state index contributed by atoms with van der Waals surface area (Å²) < 4.78 is 5.59. The molecule has 1 saturated carbocycles. The van der Waals surface area contributed by atoms with Crippen LogP contribution in [0.2, 0.25) is 0 Å². The van der Waals surface area contributed by atoms with Gasteiger partial charge in [0, 0.05) is 19.6 Å². The van der Waals surface area contributed by atoms with Crippen molar-refractivity contribution in [2.75, 3.05) is 26.2 Å². The van der Waals surface area contributed by atoms with E-state index in [1.165, 1.54) is 4.90 Å². The van der Waals surface area contributed by atoms with Gasteiger partial charge in [-0.1, -0.05) is 0 Å². The fraction of sp³-hybridized carbons (Fsp3) is 0.846. The summed E-state index contributed by atoms with van der Waals surface area (Å²) in [4.78, 5) is 26.5. The van der Waals surface area contributed by atoms with Crippen molar-refractivity contribution in [2.24, 2.45) is 5.92 Å². The first-order valence-corrected chi connectivity index (χ1v) is 6.86. The minimum absolute atomic E-state index is 0.000281. The highest BCUT2D eigenvalue weighted by Crippen LogP contribution is 2.30. The molecular formula is C13H22N2O4. The first-order chi connectivity index (χ1) is 8.95. The second kappa shape index (κ2) is 5.77. The maximum atomic E-state index is 12.4. The first-order valence-electron chi connectivity index (χ1n) is 6.86. The van der Waals surface area contributed by atoms with Gasteiger partial charge in [0.1, 0.15) is 6.54 Å². The zero-order valence-corrected chi connectivity index (χ0v) is 11.5. The maximum absolute atomic E-state index is 12.4. The summed E-state index contributed by atoms with van der Waals surface area (Å²) in [6, 6.07) is -0.170. The van der Waals surface area contributed by atoms with Crippen LogP contribution in [0.5, 0.6) is 0 Å². The minimum atomic E-state index is -0.955. The number of nitrogens with zero attached hydrogens (tertiary/aromatic N) is 2. The molecule has 0 bridgehead atoms. The fourth-order valence-electron chi connectivity index (χ4n) is 2.52. The lowest BCUT2D eigenvalue weighted by atomic mass is 10.2. The number of morpholine rings is 1. The Morgan fingerprint density at radius 2 is 1.84 bits per heavy atom. The number of ether oxygens (including phenoxy) is 1. The summed E-state index contributed by atoms with van der Waals surface area (Å²) >= 11 is 0. The van der Waals surface area contributed by atoms with Crippen LogP contribution in [-0.4, -0.2) is 65.3 Å². The zero-order chi connectivity index (χ0) is 14.0. The number of carbonyl (C=O) groups is 2. The molecular weight excluding hydrogens is 248 g/mol. The molecule has 2 rings (SSSR count). The van der Waals surface area contributed by atoms with Gasteiger partial charge in [0.2, 0.25) is 0 Å². The Morgan fingerprint density at radius 1 is 1.26 bits per heavy atom. The molecule has 1 saturated heterocycles. The van der Waals surface area contributed by atoms with Crippen LogP contribution in [0.25, 0.3) is 0 Å². The molecule has 6 nitrogen and oxygen atoms in total. The van der Waals surface area contributed by atoms with Gasteiger partial charge in [-0.15, -0.1) is 0 Å². The van der Waals surface area contributed by atoms with Gasteiger partial charge in [-0.2, -0.15) is 0 Å². The minimum Gasteiger partial charge on any atom is -0.480 e. The lowest BCUT2D eigenvalue weighted by Gasteiger charge is -2.38. The molecule has 2 atom stereocenters. The molecule has 2 fully saturated rings. The number of carboxylic acids is 1. The summed E-state index contributed by atoms with van der Waals surface area (Å²) in [5.74, 6) is -0.470. The third-order valence-electron chi connectivity index (χ3n) is 3.46. The predicted molar refractivity (Wildman–Crippen MR) is 68.9 cm³/mol. The van der Waals surface area contributed by atoms with Crippen LogP contribution in [0, 0.1) is 5.92 Å². The van der Waals surface area contributed by atoms with Crippen molar-refractivity contribution in [3.05, 3.63) is 0 Å². The summed E-state index contributed by atoms with van der Waals surface area (Å²) in [5.41, 5.74) is 0. The molecule has 6 heteroatoms. The van der Waals surface area contributed by atoms with Crippen molar-refractivity contribution in [1.82, 2.24) is 9.80 Å². The smallest absolute Gasteiger partial charge is 0.323 e. The van der Waals surface area contributed by atoms with Gasteiger partial charge in [0.15, 0.2) is 0 Å². The average molecular weight is 270 g/mol. The van der Waals surface area contributed by atoms with Gasteiger partial charge in [0.05, 0.1) is 12.2 Å². The number of urea groups is 1. The molecule has 108 valence electrons. The lowest BCUT2D eigenvalue weighted by molar-refractivity contribution is -0.138. The van der Waals surface area contributed by atoms with Crippen LogP contribution in [0.1, 0.15) is 26.7 Å². The molecule has 1 aliphatic heterocycles. The number of hydrogen-bond acceptors (Lipinski definition) is 3. The highest BCUT2D eigenvalue weighted by molar-refractivity contribution is 5.80. The van der Waals surface area contributed by atoms with Gasteiger partial charge in [-0.25, -0.2) is 4.79 Å². The number of hydrogen-bond donors (Lipinski definition) is 1. The van der Waals surface area contributed by atoms with Gasteiger partial charge < -0.3 is 19.6 Å². The van der Waals surface area contributed by atoms with Crippen molar-refractivity contribution in [1.29, 1.82) is 0 Å². The quantitative estimate of drug-likeness (QED) is 0.827. The Balaban J connectivity index is 1.98. The van der Waals surface area contributed by atoms with E-state index < -0.39 is 5.97 Å². The standard InChI is InChI=1S/C13H22N2O4/c1-9-5-14(6-10(2)19-9)13(18)15(8-12(16)17)7-11-3-4-11/h9-11H,3-8H2,1-2H3,(H,16,17)/t9-,10+. The van der Waals surface area contributed by atoms with Gasteiger partial charge in [0.25, 0.3) is 0 Å². The second-order valence-electron chi connectivity index (χ2n) is 5.66. The van der Waals surface area contributed by atoms with Crippen molar-refractivity contribution in [2.45, 2.75) is 38.9 Å². The fourth-order valence-corrected chi connectivity index (χ4v) is 2.52. The molecule has 0 aromatic heterocycles. The van der Waals surface area contributed by atoms with Crippen LogP contribution in [0.4, 0.5) is 4.79 Å². The Morgan fingerprint density at radius 3 is 2.32 bits per heavy atom. The van der Waals surface area contributed by atoms with E-state index in [0.717, 1.165) is 12.8 Å². The molecule has 2 amide bonds. The molecule has 1 heterocycles. The predicted octanol–water partition coefficient (Wildman–Crippen LogP) is 1.01. The molecule has 1 aliphatic carbocycles. The molecule has 2 aliphatic rings. The van der Waals surface area contributed by atoms with E-state index in [-0.39, 0.29) is 24.8 Å². The first kappa shape index (κ1) is 14.1. The van der Waals surface area contributed by atoms with E-state index in [4.69, 9.17) is 9.84 Å². The summed E-state index contributed by atoms with van der Waals surface area (Å²) in [6.45, 7) is 5.27. The topological polar surface area (TPSA) is 70.1 Å². The lowest BCUT2D eigenvalue weighted by Crippen LogP contribution is -2.54. The van der Waals surface area contributed by atoms with Crippen molar-refractivity contribution in [3.63, 3.8) is 0 Å². The highest BCUT2D eigenvalue weighted by atomic mass is 16.5. The number of carboxylic acid groups (broad SMARTS) is 1. The van der Waals surface area contributed by atoms with Crippen LogP contribution in [-0.2, 0) is 9.53 Å². The molecule has 19 heavy (non-hydrogen) atoms. The van der Waals surface area contributed by atoms with E-state index in [0.29, 0.717) is 25.6 Å². The van der Waals surface area contributed by atoms with E-state index >= 15 is 0 Å². The van der Waals surface area contributed by atoms with Crippen LogP contribution in [0.3, 0.4) is 0 Å². The van der Waals surface area contributed by atoms with E-state index in [2.05, 4.69) is 0 Å². The summed E-state index contributed by atoms with van der Waals surface area (Å²) in [5, 5.41) is 8.93. The van der Waals surface area contributed by atoms with Crippen LogP contribution >= 0.6 is 0 Å². The number of carbonyl (C=O) groups excluding carboxylic acids is 1. The molecule has 0 radical (unpaired) electrons. The molecule has 0 unspecified atom stereocenters. The summed E-state index contributed by atoms with van der Waals surface area (Å²) in [6.07, 6.45) is 2.19. The van der Waals surface area contributed by atoms with E-state index in [9.17, 15) is 9.59 Å². The van der Waals surface area contributed by atoms with Crippen LogP contribution in [0.15, 0.2) is 0 Å². The molecule has 1 N–H and O–H groups in total. The van der Waals surface area contributed by atoms with Gasteiger partial charge in [-0.3, -0.25) is 4.79 Å². The number of rotatable bonds is 4. The zero-order valence-electron chi connectivity index (χ0n) is 11.5. The number of aliphatic carboxylic acids is 1. The summed E-state index contributed by atoms with van der Waals surface area (Å²) in [7, 11) is 0. The highest BCUT2D eigenvalue weighted by Gasteiger charge is 2.33. The van der Waals surface area contributed by atoms with Gasteiger partial charge >= 0.3 is 12.0 Å². The Hall–Kier alpha value is -1.30. The monoisotopic (exact) mass is 270 g/mol. The molecule has 0 aromatic rings. The van der Waals surface area contributed by atoms with Crippen molar-refractivity contribution in [3.8, 4) is 0 Å². The Labute approximate surface area is 113 Å². The van der Waals surface area contributed by atoms with E-state index in [1.54, 1.807) is 4.90 Å². The molecule has 0 aromatic carbocycles. The van der Waals surface area contributed by atoms with Crippen molar-refractivity contribution < 1.29 is 19.4 Å². The van der Waals surface area contributed by atoms with E-state index in [1.807, 2.05) is 13.8 Å². The third-order valence-corrected chi connectivity index (χ3v) is 3.46. The Kier molecular flexibility index (Phi) is 4.29. The average Bonchev–Trinajstić information content (AvgIpc) is 3.09. The normalized spacial score (nSPS) is 27.2. The second-order valence-corrected chi connectivity index (χ2v) is 5.66. The van der Waals surface area contributed by atoms with Crippen LogP contribution < -0.4 is 0 Å². The number of amides is 2. The SMILES string of the molecule is C[C@@H]1CN(C(=O)N(CC(=O)O)CC2CC2)C[C@H](C)O1. The largest absolute Gasteiger partial charge is 0.480 e. The van der Waals surface area contributed by atoms with Crippen molar-refractivity contribution >= 4 is 12.0 Å². The third kappa shape index (κ3) is 4.09.